The number of aryl methyl sites for hydroxylation is 1. The lowest BCUT2D eigenvalue weighted by molar-refractivity contribution is 0.102. The minimum atomic E-state index is -3.74. The third-order valence-electron chi connectivity index (χ3n) is 5.87. The minimum Gasteiger partial charge on any atom is -0.382 e. The van der Waals surface area contributed by atoms with Gasteiger partial charge >= 0.3 is 0 Å². The summed E-state index contributed by atoms with van der Waals surface area (Å²) in [4.78, 5) is 28.0. The zero-order chi connectivity index (χ0) is 27.9. The van der Waals surface area contributed by atoms with Crippen LogP contribution in [-0.2, 0) is 9.84 Å². The summed E-state index contributed by atoms with van der Waals surface area (Å²) >= 11 is 1.27. The largest absolute Gasteiger partial charge is 0.382 e. The number of carbonyl (C=O) groups excluding carboxylic acids is 1. The van der Waals surface area contributed by atoms with Crippen molar-refractivity contribution in [1.82, 2.24) is 19.9 Å². The molecule has 14 heteroatoms. The predicted molar refractivity (Wildman–Crippen MR) is 147 cm³/mol. The molecule has 0 spiro atoms. The number of aliphatic hydroxyl groups is 1. The zero-order valence-corrected chi connectivity index (χ0v) is 22.2. The molecule has 1 atom stereocenters. The normalized spacial score (nSPS) is 12.4. The van der Waals surface area contributed by atoms with Crippen LogP contribution >= 0.6 is 11.3 Å². The number of halogens is 1. The Kier molecular flexibility index (Phi) is 6.76. The van der Waals surface area contributed by atoms with Crippen LogP contribution in [0.2, 0.25) is 0 Å². The standard InChI is InChI=1S/C25H22FN7O4S2/c1-12-3-8-15(9-17(12)31-23(34)16-10-38-21-19(16)28-11-29-22(21)27)30-24(35)20-18(13-4-6-14(26)7-5-13)32-25(33-20)39(2,36)37/h3-11,24,30,35H,1-2H3,(H,31,34)(H,32,33)(H2,27,28,29). The van der Waals surface area contributed by atoms with Crippen LogP contribution < -0.4 is 16.4 Å². The molecule has 200 valence electrons. The van der Waals surface area contributed by atoms with Crippen LogP contribution in [0.4, 0.5) is 21.6 Å². The number of benzene rings is 2. The average molecular weight is 568 g/mol. The summed E-state index contributed by atoms with van der Waals surface area (Å²) in [6.45, 7) is 1.81. The van der Waals surface area contributed by atoms with Crippen LogP contribution in [0.5, 0.6) is 0 Å². The highest BCUT2D eigenvalue weighted by molar-refractivity contribution is 7.90. The number of fused-ring (bicyclic) bond motifs is 1. The van der Waals surface area contributed by atoms with Gasteiger partial charge in [0.25, 0.3) is 5.91 Å². The lowest BCUT2D eigenvalue weighted by Gasteiger charge is -2.16. The van der Waals surface area contributed by atoms with E-state index < -0.39 is 27.8 Å². The van der Waals surface area contributed by atoms with E-state index in [-0.39, 0.29) is 16.5 Å². The van der Waals surface area contributed by atoms with Gasteiger partial charge in [0.2, 0.25) is 15.0 Å². The Labute approximate surface area is 225 Å². The first kappa shape index (κ1) is 26.2. The molecule has 0 radical (unpaired) electrons. The maximum Gasteiger partial charge on any atom is 0.258 e. The Hall–Kier alpha value is -4.40. The van der Waals surface area contributed by atoms with Crippen molar-refractivity contribution in [3.63, 3.8) is 0 Å². The number of aliphatic hydroxyl groups excluding tert-OH is 1. The molecule has 0 fully saturated rings. The van der Waals surface area contributed by atoms with Crippen LogP contribution in [0.25, 0.3) is 21.5 Å². The molecule has 3 heterocycles. The van der Waals surface area contributed by atoms with Crippen LogP contribution in [0, 0.1) is 12.7 Å². The first-order chi connectivity index (χ1) is 18.5. The Morgan fingerprint density at radius 3 is 2.64 bits per heavy atom. The molecule has 0 aliphatic heterocycles. The number of hydrogen-bond acceptors (Lipinski definition) is 10. The number of aromatic amines is 1. The summed E-state index contributed by atoms with van der Waals surface area (Å²) in [6, 6.07) is 10.3. The Morgan fingerprint density at radius 1 is 1.18 bits per heavy atom. The maximum absolute atomic E-state index is 13.5. The molecule has 5 aromatic rings. The van der Waals surface area contributed by atoms with Gasteiger partial charge in [0.1, 0.15) is 18.0 Å². The van der Waals surface area contributed by atoms with Crippen molar-refractivity contribution in [3.05, 3.63) is 76.8 Å². The molecule has 39 heavy (non-hydrogen) atoms. The first-order valence-electron chi connectivity index (χ1n) is 11.4. The van der Waals surface area contributed by atoms with Crippen LogP contribution in [-0.4, -0.2) is 45.6 Å². The number of imidazole rings is 1. The van der Waals surface area contributed by atoms with E-state index in [1.165, 1.54) is 41.9 Å². The fourth-order valence-corrected chi connectivity index (χ4v) is 5.32. The molecule has 11 nitrogen and oxygen atoms in total. The maximum atomic E-state index is 13.5. The second-order valence-corrected chi connectivity index (χ2v) is 11.5. The van der Waals surface area contributed by atoms with Crippen molar-refractivity contribution < 1.29 is 22.7 Å². The molecule has 2 aromatic carbocycles. The Bertz CT molecular complexity index is 1820. The fraction of sp³-hybridized carbons (Fsp3) is 0.120. The first-order valence-corrected chi connectivity index (χ1v) is 14.2. The monoisotopic (exact) mass is 567 g/mol. The summed E-state index contributed by atoms with van der Waals surface area (Å²) in [7, 11) is -3.74. The van der Waals surface area contributed by atoms with Gasteiger partial charge in [-0.2, -0.15) is 0 Å². The third kappa shape index (κ3) is 5.30. The third-order valence-corrected chi connectivity index (χ3v) is 7.75. The Balaban J connectivity index is 1.43. The number of nitrogens with zero attached hydrogens (tertiary/aromatic N) is 3. The number of aromatic nitrogens is 4. The molecule has 1 amide bonds. The van der Waals surface area contributed by atoms with E-state index in [1.54, 1.807) is 23.6 Å². The van der Waals surface area contributed by atoms with Gasteiger partial charge < -0.3 is 26.5 Å². The van der Waals surface area contributed by atoms with Crippen molar-refractivity contribution in [2.45, 2.75) is 18.3 Å². The zero-order valence-electron chi connectivity index (χ0n) is 20.6. The molecule has 0 saturated carbocycles. The highest BCUT2D eigenvalue weighted by Crippen LogP contribution is 2.31. The van der Waals surface area contributed by atoms with Crippen LogP contribution in [0.3, 0.4) is 0 Å². The number of H-pyrrole nitrogens is 1. The van der Waals surface area contributed by atoms with E-state index >= 15 is 0 Å². The highest BCUT2D eigenvalue weighted by atomic mass is 32.2. The second kappa shape index (κ2) is 10.1. The van der Waals surface area contributed by atoms with E-state index in [2.05, 4.69) is 30.6 Å². The lowest BCUT2D eigenvalue weighted by Crippen LogP contribution is -2.14. The summed E-state index contributed by atoms with van der Waals surface area (Å²) < 4.78 is 38.4. The van der Waals surface area contributed by atoms with Crippen molar-refractivity contribution in [2.75, 3.05) is 22.6 Å². The molecular weight excluding hydrogens is 545 g/mol. The molecule has 0 saturated heterocycles. The van der Waals surface area contributed by atoms with Crippen molar-refractivity contribution in [2.24, 2.45) is 0 Å². The quantitative estimate of drug-likeness (QED) is 0.183. The van der Waals surface area contributed by atoms with Gasteiger partial charge in [-0.3, -0.25) is 4.79 Å². The number of amides is 1. The lowest BCUT2D eigenvalue weighted by atomic mass is 10.1. The SMILES string of the molecule is Cc1ccc(NC(O)c2[nH]c(S(C)(=O)=O)nc2-c2ccc(F)cc2)cc1NC(=O)c1csc2c(N)ncnc12. The van der Waals surface area contributed by atoms with Gasteiger partial charge in [-0.25, -0.2) is 27.8 Å². The van der Waals surface area contributed by atoms with Crippen molar-refractivity contribution in [1.29, 1.82) is 0 Å². The second-order valence-electron chi connectivity index (χ2n) is 8.70. The van der Waals surface area contributed by atoms with Gasteiger partial charge in [0, 0.05) is 28.6 Å². The van der Waals surface area contributed by atoms with E-state index in [4.69, 9.17) is 5.73 Å². The topological polar surface area (TPSA) is 176 Å². The smallest absolute Gasteiger partial charge is 0.258 e. The molecule has 0 aliphatic rings. The Morgan fingerprint density at radius 2 is 1.92 bits per heavy atom. The molecule has 5 rings (SSSR count). The van der Waals surface area contributed by atoms with E-state index in [0.717, 1.165) is 11.8 Å². The van der Waals surface area contributed by atoms with Gasteiger partial charge in [-0.05, 0) is 48.9 Å². The molecule has 0 bridgehead atoms. The van der Waals surface area contributed by atoms with Gasteiger partial charge in [-0.15, -0.1) is 11.3 Å². The molecule has 3 aromatic heterocycles. The molecule has 0 aliphatic carbocycles. The van der Waals surface area contributed by atoms with E-state index in [1.807, 2.05) is 6.92 Å². The fourth-order valence-electron chi connectivity index (χ4n) is 3.86. The predicted octanol–water partition coefficient (Wildman–Crippen LogP) is 3.87. The van der Waals surface area contributed by atoms with Crippen LogP contribution in [0.15, 0.2) is 59.3 Å². The number of hydrogen-bond donors (Lipinski definition) is 5. The van der Waals surface area contributed by atoms with Gasteiger partial charge in [0.05, 0.1) is 27.2 Å². The number of sulfone groups is 1. The molecule has 1 unspecified atom stereocenters. The number of carbonyl (C=O) groups is 1. The average Bonchev–Trinajstić information content (AvgIpc) is 3.53. The van der Waals surface area contributed by atoms with Crippen molar-refractivity contribution >= 4 is 54.5 Å². The number of nitrogen functional groups attached to an aromatic ring is 1. The summed E-state index contributed by atoms with van der Waals surface area (Å²) in [5, 5.41) is 18.1. The molecule has 6 N–H and O–H groups in total. The number of rotatable bonds is 7. The van der Waals surface area contributed by atoms with Crippen molar-refractivity contribution in [3.8, 4) is 11.3 Å². The highest BCUT2D eigenvalue weighted by Gasteiger charge is 2.24. The summed E-state index contributed by atoms with van der Waals surface area (Å²) in [5.74, 6) is -0.582. The van der Waals surface area contributed by atoms with Gasteiger partial charge in [0.15, 0.2) is 6.23 Å². The van der Waals surface area contributed by atoms with Gasteiger partial charge in [-0.1, -0.05) is 6.07 Å². The number of thiophene rings is 1. The number of anilines is 3. The molecular formula is C25H22FN7O4S2. The number of nitrogens with one attached hydrogen (secondary N) is 3. The van der Waals surface area contributed by atoms with E-state index in [9.17, 15) is 22.7 Å². The minimum absolute atomic E-state index is 0.0650. The van der Waals surface area contributed by atoms with E-state index in [0.29, 0.717) is 38.5 Å². The number of nitrogens with two attached hydrogens (primary N) is 1. The summed E-state index contributed by atoms with van der Waals surface area (Å²) in [6.07, 6.45) is 0.846. The summed E-state index contributed by atoms with van der Waals surface area (Å²) in [5.41, 5.74) is 8.93. The van der Waals surface area contributed by atoms with Crippen LogP contribution in [0.1, 0.15) is 27.8 Å².